The van der Waals surface area contributed by atoms with E-state index in [0.29, 0.717) is 52.5 Å². The lowest BCUT2D eigenvalue weighted by atomic mass is 9.92. The van der Waals surface area contributed by atoms with E-state index in [2.05, 4.69) is 0 Å². The van der Waals surface area contributed by atoms with Gasteiger partial charge in [0.25, 0.3) is 0 Å². The molecule has 1 aromatic carbocycles. The van der Waals surface area contributed by atoms with Crippen LogP contribution in [0.2, 0.25) is 0 Å². The summed E-state index contributed by atoms with van der Waals surface area (Å²) in [7, 11) is -3.30. The summed E-state index contributed by atoms with van der Waals surface area (Å²) in [6.07, 6.45) is 2.28. The normalized spacial score (nSPS) is 13.9. The minimum atomic E-state index is -3.30. The lowest BCUT2D eigenvalue weighted by Gasteiger charge is -2.13. The molecule has 6 nitrogen and oxygen atoms in total. The zero-order valence-electron chi connectivity index (χ0n) is 15.8. The number of carbonyl (C=O) groups excluding carboxylic acids is 2. The molecule has 3 rings (SSSR count). The molecule has 0 atom stereocenters. The fourth-order valence-electron chi connectivity index (χ4n) is 3.16. The fraction of sp³-hybridized carbons (Fsp3) is 0.400. The number of benzene rings is 1. The Balaban J connectivity index is 1.92. The van der Waals surface area contributed by atoms with Crippen molar-refractivity contribution < 1.29 is 27.5 Å². The second-order valence-electron chi connectivity index (χ2n) is 6.46. The zero-order valence-corrected chi connectivity index (χ0v) is 17.5. The van der Waals surface area contributed by atoms with Gasteiger partial charge in [-0.2, -0.15) is 0 Å². The van der Waals surface area contributed by atoms with Crippen molar-refractivity contribution in [1.82, 2.24) is 0 Å². The summed E-state index contributed by atoms with van der Waals surface area (Å²) < 4.78 is 35.3. The molecule has 2 aromatic rings. The number of rotatable bonds is 7. The molecule has 0 saturated heterocycles. The number of esters is 1. The second-order valence-corrected chi connectivity index (χ2v) is 9.55. The number of ether oxygens (including phenoxy) is 2. The maximum Gasteiger partial charge on any atom is 0.348 e. The van der Waals surface area contributed by atoms with Crippen molar-refractivity contribution in [3.05, 3.63) is 40.3 Å². The van der Waals surface area contributed by atoms with Crippen LogP contribution in [0.15, 0.2) is 29.2 Å². The van der Waals surface area contributed by atoms with Gasteiger partial charge in [0.05, 0.1) is 22.8 Å². The minimum Gasteiger partial charge on any atom is -0.462 e. The van der Waals surface area contributed by atoms with Gasteiger partial charge in [0.2, 0.25) is 0 Å². The number of fused-ring (bicyclic) bond motifs is 1. The highest BCUT2D eigenvalue weighted by Crippen LogP contribution is 2.42. The molecule has 0 unspecified atom stereocenters. The highest BCUT2D eigenvalue weighted by molar-refractivity contribution is 7.91. The third-order valence-corrected chi connectivity index (χ3v) is 7.44. The van der Waals surface area contributed by atoms with Crippen molar-refractivity contribution >= 4 is 32.9 Å². The van der Waals surface area contributed by atoms with Gasteiger partial charge in [0.15, 0.2) is 20.7 Å². The third kappa shape index (κ3) is 4.12. The molecule has 28 heavy (non-hydrogen) atoms. The molecule has 1 aliphatic carbocycles. The van der Waals surface area contributed by atoms with Crippen LogP contribution < -0.4 is 4.74 Å². The van der Waals surface area contributed by atoms with E-state index in [-0.39, 0.29) is 23.0 Å². The van der Waals surface area contributed by atoms with Crippen molar-refractivity contribution in [2.75, 3.05) is 12.4 Å². The van der Waals surface area contributed by atoms with Crippen LogP contribution in [-0.4, -0.2) is 32.5 Å². The van der Waals surface area contributed by atoms with Gasteiger partial charge in [0.1, 0.15) is 10.6 Å². The number of thiophene rings is 1. The number of ketones is 1. The van der Waals surface area contributed by atoms with Crippen LogP contribution in [0.4, 0.5) is 0 Å². The van der Waals surface area contributed by atoms with Crippen LogP contribution in [0, 0.1) is 0 Å². The zero-order chi connectivity index (χ0) is 20.3. The van der Waals surface area contributed by atoms with Gasteiger partial charge in [-0.15, -0.1) is 0 Å². The van der Waals surface area contributed by atoms with Crippen molar-refractivity contribution in [2.24, 2.45) is 0 Å². The van der Waals surface area contributed by atoms with E-state index in [1.54, 1.807) is 19.1 Å². The maximum atomic E-state index is 12.4. The summed E-state index contributed by atoms with van der Waals surface area (Å²) in [5.41, 5.74) is 1.14. The van der Waals surface area contributed by atoms with E-state index in [1.807, 2.05) is 6.92 Å². The van der Waals surface area contributed by atoms with E-state index in [9.17, 15) is 18.0 Å². The lowest BCUT2D eigenvalue weighted by Crippen LogP contribution is -2.13. The topological polar surface area (TPSA) is 86.7 Å². The molecule has 8 heteroatoms. The summed E-state index contributed by atoms with van der Waals surface area (Å²) >= 11 is 1.10. The van der Waals surface area contributed by atoms with Gasteiger partial charge < -0.3 is 9.47 Å². The van der Waals surface area contributed by atoms with Crippen molar-refractivity contribution in [3.8, 4) is 10.8 Å². The molecule has 1 aromatic heterocycles. The van der Waals surface area contributed by atoms with Gasteiger partial charge in [-0.1, -0.05) is 18.3 Å². The minimum absolute atomic E-state index is 0.0507. The molecular formula is C20H22O6S2. The van der Waals surface area contributed by atoms with Gasteiger partial charge in [0, 0.05) is 6.42 Å². The monoisotopic (exact) mass is 422 g/mol. The Morgan fingerprint density at radius 2 is 1.86 bits per heavy atom. The van der Waals surface area contributed by atoms with E-state index in [0.717, 1.165) is 11.3 Å². The van der Waals surface area contributed by atoms with Gasteiger partial charge in [-0.25, -0.2) is 13.2 Å². The molecule has 1 aliphatic rings. The average molecular weight is 423 g/mol. The maximum absolute atomic E-state index is 12.4. The molecular weight excluding hydrogens is 400 g/mol. The van der Waals surface area contributed by atoms with Crippen LogP contribution in [-0.2, 0) is 21.0 Å². The molecule has 0 spiro atoms. The van der Waals surface area contributed by atoms with Crippen molar-refractivity contribution in [1.29, 1.82) is 0 Å². The van der Waals surface area contributed by atoms with Crippen molar-refractivity contribution in [2.45, 2.75) is 44.4 Å². The summed E-state index contributed by atoms with van der Waals surface area (Å²) in [5, 5.41) is 0.354. The Kier molecular flexibility index (Phi) is 6.20. The Bertz CT molecular complexity index is 986. The Morgan fingerprint density at radius 1 is 1.14 bits per heavy atom. The summed E-state index contributed by atoms with van der Waals surface area (Å²) in [4.78, 5) is 25.3. The predicted octanol–water partition coefficient (Wildman–Crippen LogP) is 4.42. The standard InChI is InChI=1S/C20H22O6S2/c1-3-12-28(23,24)14-10-8-13(9-11-14)26-20-17-15(6-5-7-16(17)21)18(27-20)19(22)25-4-2/h8-11H,3-7,12H2,1-2H3. The lowest BCUT2D eigenvalue weighted by molar-refractivity contribution is 0.0531. The summed E-state index contributed by atoms with van der Waals surface area (Å²) in [5.74, 6) is -0.00367. The van der Waals surface area contributed by atoms with E-state index < -0.39 is 15.8 Å². The van der Waals surface area contributed by atoms with E-state index >= 15 is 0 Å². The first-order chi connectivity index (χ1) is 13.4. The largest absolute Gasteiger partial charge is 0.462 e. The van der Waals surface area contributed by atoms with E-state index in [1.165, 1.54) is 12.1 Å². The number of carbonyl (C=O) groups is 2. The van der Waals surface area contributed by atoms with Crippen LogP contribution in [0.3, 0.4) is 0 Å². The van der Waals surface area contributed by atoms with Crippen LogP contribution in [0.5, 0.6) is 10.8 Å². The number of hydrogen-bond donors (Lipinski definition) is 0. The first kappa shape index (κ1) is 20.5. The predicted molar refractivity (Wildman–Crippen MR) is 106 cm³/mol. The van der Waals surface area contributed by atoms with Gasteiger partial charge >= 0.3 is 5.97 Å². The van der Waals surface area contributed by atoms with Gasteiger partial charge in [-0.05, 0) is 56.0 Å². The fourth-order valence-corrected chi connectivity index (χ4v) is 5.61. The first-order valence-electron chi connectivity index (χ1n) is 9.24. The van der Waals surface area contributed by atoms with Crippen molar-refractivity contribution in [3.63, 3.8) is 0 Å². The average Bonchev–Trinajstić information content (AvgIpc) is 3.02. The summed E-state index contributed by atoms with van der Waals surface area (Å²) in [6, 6.07) is 6.11. The highest BCUT2D eigenvalue weighted by atomic mass is 32.2. The highest BCUT2D eigenvalue weighted by Gasteiger charge is 2.31. The number of sulfone groups is 1. The summed E-state index contributed by atoms with van der Waals surface area (Å²) in [6.45, 7) is 3.80. The first-order valence-corrected chi connectivity index (χ1v) is 11.7. The molecule has 0 aliphatic heterocycles. The second kappa shape index (κ2) is 8.45. The molecule has 0 bridgehead atoms. The molecule has 0 N–H and O–H groups in total. The smallest absolute Gasteiger partial charge is 0.348 e. The SMILES string of the molecule is CCCS(=O)(=O)c1ccc(Oc2sc(C(=O)OCC)c3c2C(=O)CCC3)cc1. The van der Waals surface area contributed by atoms with Crippen LogP contribution >= 0.6 is 11.3 Å². The van der Waals surface area contributed by atoms with Crippen LogP contribution in [0.25, 0.3) is 0 Å². The molecule has 0 radical (unpaired) electrons. The third-order valence-electron chi connectivity index (χ3n) is 4.41. The van der Waals surface area contributed by atoms with Crippen LogP contribution in [0.1, 0.15) is 58.7 Å². The Hall–Kier alpha value is -2.19. The van der Waals surface area contributed by atoms with Gasteiger partial charge in [-0.3, -0.25) is 4.79 Å². The molecule has 0 saturated carbocycles. The number of hydrogen-bond acceptors (Lipinski definition) is 7. The quantitative estimate of drug-likeness (QED) is 0.614. The molecule has 1 heterocycles. The molecule has 0 fully saturated rings. The molecule has 150 valence electrons. The Labute approximate surface area is 168 Å². The molecule has 0 amide bonds. The Morgan fingerprint density at radius 3 is 2.50 bits per heavy atom. The number of Topliss-reactive ketones (excluding diaryl/α,β-unsaturated/α-hetero) is 1. The van der Waals surface area contributed by atoms with E-state index in [4.69, 9.17) is 9.47 Å².